The Labute approximate surface area is 106 Å². The van der Waals surface area contributed by atoms with Crippen molar-refractivity contribution in [3.05, 3.63) is 48.0 Å². The number of aromatic hydroxyl groups is 1. The van der Waals surface area contributed by atoms with E-state index in [0.29, 0.717) is 11.5 Å². The number of benzene rings is 2. The lowest BCUT2D eigenvalue weighted by atomic mass is 10.1. The van der Waals surface area contributed by atoms with Crippen molar-refractivity contribution >= 4 is 12.6 Å². The fraction of sp³-hybridized carbons (Fsp3) is 0.143. The van der Waals surface area contributed by atoms with Crippen LogP contribution < -0.4 is 4.74 Å². The van der Waals surface area contributed by atoms with Gasteiger partial charge in [-0.3, -0.25) is 0 Å². The number of para-hydroxylation sites is 1. The first-order valence-electron chi connectivity index (χ1n) is 5.49. The summed E-state index contributed by atoms with van der Waals surface area (Å²) in [6.07, 6.45) is 0.759. The molecule has 0 spiro atoms. The number of hydrogen-bond donors (Lipinski definition) is 2. The third-order valence-corrected chi connectivity index (χ3v) is 2.95. The molecule has 88 valence electrons. The van der Waals surface area contributed by atoms with E-state index in [4.69, 9.17) is 4.74 Å². The van der Waals surface area contributed by atoms with E-state index >= 15 is 0 Å². The molecular weight excluding hydrogens is 232 g/mol. The van der Waals surface area contributed by atoms with Gasteiger partial charge in [0.25, 0.3) is 0 Å². The van der Waals surface area contributed by atoms with Gasteiger partial charge in [-0.05, 0) is 30.7 Å². The lowest BCUT2D eigenvalue weighted by Gasteiger charge is -2.13. The zero-order valence-electron chi connectivity index (χ0n) is 9.55. The van der Waals surface area contributed by atoms with Crippen LogP contribution in [-0.4, -0.2) is 5.11 Å². The van der Waals surface area contributed by atoms with Crippen LogP contribution in [0.2, 0.25) is 0 Å². The number of phenols is 1. The first kappa shape index (κ1) is 11.9. The van der Waals surface area contributed by atoms with Gasteiger partial charge >= 0.3 is 0 Å². The van der Waals surface area contributed by atoms with Crippen LogP contribution in [0.25, 0.3) is 0 Å². The van der Waals surface area contributed by atoms with Gasteiger partial charge < -0.3 is 9.84 Å². The zero-order chi connectivity index (χ0) is 12.3. The van der Waals surface area contributed by atoms with Gasteiger partial charge in [0.05, 0.1) is 0 Å². The van der Waals surface area contributed by atoms with Crippen LogP contribution in [0.1, 0.15) is 12.5 Å². The third kappa shape index (κ3) is 2.56. The van der Waals surface area contributed by atoms with Crippen LogP contribution in [0.15, 0.2) is 47.4 Å². The standard InChI is InChI=1S/C14H14O2S/c1-2-11-13(17)9-8-12(15)14(11)16-10-6-4-3-5-7-10/h3-9,15,17H,2H2,1H3. The summed E-state index contributed by atoms with van der Waals surface area (Å²) in [5.74, 6) is 1.34. The van der Waals surface area contributed by atoms with Crippen LogP contribution in [0, 0.1) is 0 Å². The molecule has 2 rings (SSSR count). The van der Waals surface area contributed by atoms with Crippen molar-refractivity contribution in [2.75, 3.05) is 0 Å². The first-order chi connectivity index (χ1) is 8.22. The van der Waals surface area contributed by atoms with Gasteiger partial charge in [-0.15, -0.1) is 12.6 Å². The molecule has 0 saturated carbocycles. The lowest BCUT2D eigenvalue weighted by molar-refractivity contribution is 0.406. The van der Waals surface area contributed by atoms with Gasteiger partial charge in [-0.1, -0.05) is 25.1 Å². The maximum Gasteiger partial charge on any atom is 0.173 e. The monoisotopic (exact) mass is 246 g/mol. The van der Waals surface area contributed by atoms with Crippen LogP contribution >= 0.6 is 12.6 Å². The summed E-state index contributed by atoms with van der Waals surface area (Å²) in [6.45, 7) is 2.01. The first-order valence-corrected chi connectivity index (χ1v) is 5.93. The maximum absolute atomic E-state index is 9.85. The van der Waals surface area contributed by atoms with Crippen LogP contribution in [0.4, 0.5) is 0 Å². The van der Waals surface area contributed by atoms with Gasteiger partial charge in [-0.25, -0.2) is 0 Å². The van der Waals surface area contributed by atoms with Crippen molar-refractivity contribution in [1.82, 2.24) is 0 Å². The second-order valence-corrected chi connectivity index (χ2v) is 4.16. The Kier molecular flexibility index (Phi) is 3.59. The van der Waals surface area contributed by atoms with Crippen molar-refractivity contribution in [3.63, 3.8) is 0 Å². The van der Waals surface area contributed by atoms with Crippen molar-refractivity contribution in [3.8, 4) is 17.2 Å². The van der Waals surface area contributed by atoms with Gasteiger partial charge in [-0.2, -0.15) is 0 Å². The van der Waals surface area contributed by atoms with E-state index < -0.39 is 0 Å². The molecule has 2 nitrogen and oxygen atoms in total. The van der Waals surface area contributed by atoms with Crippen molar-refractivity contribution in [1.29, 1.82) is 0 Å². The van der Waals surface area contributed by atoms with E-state index in [-0.39, 0.29) is 5.75 Å². The predicted octanol–water partition coefficient (Wildman–Crippen LogP) is 4.04. The molecule has 0 unspecified atom stereocenters. The highest BCUT2D eigenvalue weighted by molar-refractivity contribution is 7.80. The van der Waals surface area contributed by atoms with E-state index in [9.17, 15) is 5.11 Å². The van der Waals surface area contributed by atoms with Crippen LogP contribution in [0.3, 0.4) is 0 Å². The highest BCUT2D eigenvalue weighted by Gasteiger charge is 2.12. The molecule has 3 heteroatoms. The Balaban J connectivity index is 2.41. The number of hydrogen-bond acceptors (Lipinski definition) is 3. The molecule has 0 saturated heterocycles. The van der Waals surface area contributed by atoms with Gasteiger partial charge in [0.1, 0.15) is 5.75 Å². The Hall–Kier alpha value is -1.61. The quantitative estimate of drug-likeness (QED) is 0.800. The molecule has 0 atom stereocenters. The largest absolute Gasteiger partial charge is 0.504 e. The number of ether oxygens (including phenoxy) is 1. The van der Waals surface area contributed by atoms with Gasteiger partial charge in [0, 0.05) is 10.5 Å². The third-order valence-electron chi connectivity index (χ3n) is 2.53. The summed E-state index contributed by atoms with van der Waals surface area (Å²) in [7, 11) is 0. The summed E-state index contributed by atoms with van der Waals surface area (Å²) in [5.41, 5.74) is 0.914. The van der Waals surface area contributed by atoms with E-state index in [2.05, 4.69) is 12.6 Å². The van der Waals surface area contributed by atoms with Crippen molar-refractivity contribution in [2.24, 2.45) is 0 Å². The normalized spacial score (nSPS) is 10.2. The number of phenolic OH excluding ortho intramolecular Hbond substituents is 1. The maximum atomic E-state index is 9.85. The molecule has 2 aromatic rings. The van der Waals surface area contributed by atoms with E-state index in [0.717, 1.165) is 16.9 Å². The number of thiol groups is 1. The Morgan fingerprint density at radius 3 is 2.47 bits per heavy atom. The highest BCUT2D eigenvalue weighted by atomic mass is 32.1. The summed E-state index contributed by atoms with van der Waals surface area (Å²) in [4.78, 5) is 0.830. The molecular formula is C14H14O2S. The molecule has 0 aromatic heterocycles. The summed E-state index contributed by atoms with van der Waals surface area (Å²) in [5, 5.41) is 9.85. The minimum atomic E-state index is 0.142. The molecule has 0 heterocycles. The molecule has 0 fully saturated rings. The van der Waals surface area contributed by atoms with Gasteiger partial charge in [0.2, 0.25) is 0 Å². The number of rotatable bonds is 3. The summed E-state index contributed by atoms with van der Waals surface area (Å²) < 4.78 is 5.71. The molecule has 1 N–H and O–H groups in total. The Morgan fingerprint density at radius 2 is 1.82 bits per heavy atom. The fourth-order valence-corrected chi connectivity index (χ4v) is 2.00. The fourth-order valence-electron chi connectivity index (χ4n) is 1.67. The Morgan fingerprint density at radius 1 is 1.12 bits per heavy atom. The second-order valence-electron chi connectivity index (χ2n) is 3.68. The molecule has 0 bridgehead atoms. The average molecular weight is 246 g/mol. The predicted molar refractivity (Wildman–Crippen MR) is 71.3 cm³/mol. The lowest BCUT2D eigenvalue weighted by Crippen LogP contribution is -1.92. The topological polar surface area (TPSA) is 29.5 Å². The van der Waals surface area contributed by atoms with Crippen LogP contribution in [-0.2, 0) is 6.42 Å². The average Bonchev–Trinajstić information content (AvgIpc) is 2.35. The summed E-state index contributed by atoms with van der Waals surface area (Å²) >= 11 is 4.37. The molecule has 2 aromatic carbocycles. The SMILES string of the molecule is CCc1c(S)ccc(O)c1Oc1ccccc1. The Bertz CT molecular complexity index is 509. The van der Waals surface area contributed by atoms with E-state index in [1.54, 1.807) is 12.1 Å². The van der Waals surface area contributed by atoms with E-state index in [1.165, 1.54) is 0 Å². The van der Waals surface area contributed by atoms with Crippen molar-refractivity contribution in [2.45, 2.75) is 18.2 Å². The molecule has 0 amide bonds. The zero-order valence-corrected chi connectivity index (χ0v) is 10.4. The minimum Gasteiger partial charge on any atom is -0.504 e. The summed E-state index contributed by atoms with van der Waals surface area (Å²) in [6, 6.07) is 12.8. The minimum absolute atomic E-state index is 0.142. The molecule has 0 aliphatic rings. The van der Waals surface area contributed by atoms with Crippen molar-refractivity contribution < 1.29 is 9.84 Å². The van der Waals surface area contributed by atoms with Crippen LogP contribution in [0.5, 0.6) is 17.2 Å². The molecule has 0 aliphatic heterocycles. The second kappa shape index (κ2) is 5.15. The van der Waals surface area contributed by atoms with E-state index in [1.807, 2.05) is 37.3 Å². The molecule has 0 radical (unpaired) electrons. The van der Waals surface area contributed by atoms with Gasteiger partial charge in [0.15, 0.2) is 11.5 Å². The molecule has 0 aliphatic carbocycles. The highest BCUT2D eigenvalue weighted by Crippen LogP contribution is 2.37. The smallest absolute Gasteiger partial charge is 0.173 e. The molecule has 17 heavy (non-hydrogen) atoms.